The maximum atomic E-state index is 12.6. The second-order valence-electron chi connectivity index (χ2n) is 7.21. The Hall–Kier alpha value is -1.73. The minimum absolute atomic E-state index is 0.135. The van der Waals surface area contributed by atoms with E-state index in [0.29, 0.717) is 52.4 Å². The lowest BCUT2D eigenvalue weighted by atomic mass is 9.89. The topological polar surface area (TPSA) is 126 Å². The molecule has 1 aliphatic carbocycles. The van der Waals surface area contributed by atoms with Gasteiger partial charge in [0, 0.05) is 36.9 Å². The number of methoxy groups -OCH3 is 1. The van der Waals surface area contributed by atoms with Crippen molar-refractivity contribution in [1.29, 1.82) is 0 Å². The lowest BCUT2D eigenvalue weighted by Gasteiger charge is -2.34. The summed E-state index contributed by atoms with van der Waals surface area (Å²) in [7, 11) is 1.47. The van der Waals surface area contributed by atoms with Crippen molar-refractivity contribution in [2.24, 2.45) is 0 Å². The van der Waals surface area contributed by atoms with Crippen molar-refractivity contribution < 1.29 is 34.0 Å². The molecule has 0 spiro atoms. The van der Waals surface area contributed by atoms with Gasteiger partial charge < -0.3 is 35.1 Å². The Morgan fingerprint density at radius 2 is 2.12 bits per heavy atom. The maximum absolute atomic E-state index is 12.6. The monoisotopic (exact) mass is 562 g/mol. The van der Waals surface area contributed by atoms with E-state index >= 15 is 0 Å². The molecule has 1 amide bonds. The van der Waals surface area contributed by atoms with E-state index in [0.717, 1.165) is 12.7 Å². The smallest absolute Gasteiger partial charge is 0.247 e. The van der Waals surface area contributed by atoms with Crippen molar-refractivity contribution in [3.05, 3.63) is 32.9 Å². The zero-order valence-electron chi connectivity index (χ0n) is 18.3. The van der Waals surface area contributed by atoms with Crippen LogP contribution in [0.15, 0.2) is 23.8 Å². The van der Waals surface area contributed by atoms with Crippen LogP contribution in [0.2, 0.25) is 0 Å². The SMILES string of the molecule is CCOCCCNC1CC(C(=O)NCCO)=CC(Oc2c(I)cc(C=O)cc2OC)C1O. The quantitative estimate of drug-likeness (QED) is 0.160. The number of hydrogen-bond acceptors (Lipinski definition) is 8. The highest BCUT2D eigenvalue weighted by Gasteiger charge is 2.36. The van der Waals surface area contributed by atoms with Crippen molar-refractivity contribution in [3.8, 4) is 11.5 Å². The minimum atomic E-state index is -0.928. The number of carbonyl (C=O) groups is 2. The number of amides is 1. The lowest BCUT2D eigenvalue weighted by molar-refractivity contribution is -0.118. The summed E-state index contributed by atoms with van der Waals surface area (Å²) in [5.41, 5.74) is 0.894. The third-order valence-corrected chi connectivity index (χ3v) is 5.76. The number of rotatable bonds is 13. The standard InChI is InChI=1S/C22H31IN2O7/c1-3-31-8-4-5-24-17-11-15(22(29)25-6-7-26)12-18(20(17)28)32-21-16(23)9-14(13-27)10-19(21)30-2/h9-10,12-13,17-18,20,24,26,28H,3-8,11H2,1-2H3,(H,25,29). The zero-order valence-corrected chi connectivity index (χ0v) is 20.5. The summed E-state index contributed by atoms with van der Waals surface area (Å²) in [4.78, 5) is 23.7. The number of aliphatic hydroxyl groups is 2. The van der Waals surface area contributed by atoms with Crippen molar-refractivity contribution in [2.45, 2.75) is 38.0 Å². The fourth-order valence-corrected chi connectivity index (χ4v) is 4.12. The maximum Gasteiger partial charge on any atom is 0.247 e. The van der Waals surface area contributed by atoms with Crippen molar-refractivity contribution in [1.82, 2.24) is 10.6 Å². The molecule has 3 atom stereocenters. The fourth-order valence-electron chi connectivity index (χ4n) is 3.36. The van der Waals surface area contributed by atoms with Crippen LogP contribution < -0.4 is 20.1 Å². The molecular formula is C22H31IN2O7. The van der Waals surface area contributed by atoms with Gasteiger partial charge in [-0.05, 0) is 67.1 Å². The average Bonchev–Trinajstić information content (AvgIpc) is 2.80. The van der Waals surface area contributed by atoms with Gasteiger partial charge in [0.1, 0.15) is 18.5 Å². The molecule has 0 radical (unpaired) electrons. The predicted octanol–water partition coefficient (Wildman–Crippen LogP) is 1.04. The van der Waals surface area contributed by atoms with Gasteiger partial charge in [-0.2, -0.15) is 0 Å². The Bertz CT molecular complexity index is 803. The minimum Gasteiger partial charge on any atom is -0.493 e. The lowest BCUT2D eigenvalue weighted by Crippen LogP contribution is -2.52. The Balaban J connectivity index is 2.25. The highest BCUT2D eigenvalue weighted by Crippen LogP contribution is 2.36. The largest absolute Gasteiger partial charge is 0.493 e. The molecule has 2 rings (SSSR count). The Labute approximate surface area is 201 Å². The van der Waals surface area contributed by atoms with Crippen LogP contribution in [0.1, 0.15) is 30.1 Å². The van der Waals surface area contributed by atoms with Crippen LogP contribution in [0.25, 0.3) is 0 Å². The first-order valence-electron chi connectivity index (χ1n) is 10.5. The second-order valence-corrected chi connectivity index (χ2v) is 8.37. The molecule has 0 bridgehead atoms. The summed E-state index contributed by atoms with van der Waals surface area (Å²) in [6, 6.07) is 2.80. The predicted molar refractivity (Wildman–Crippen MR) is 127 cm³/mol. The van der Waals surface area contributed by atoms with Crippen molar-refractivity contribution in [3.63, 3.8) is 0 Å². The summed E-state index contributed by atoms with van der Waals surface area (Å²) >= 11 is 2.04. The first kappa shape index (κ1) is 26.5. The molecule has 178 valence electrons. The van der Waals surface area contributed by atoms with Crippen LogP contribution >= 0.6 is 22.6 Å². The number of benzene rings is 1. The molecule has 1 aliphatic rings. The first-order valence-corrected chi connectivity index (χ1v) is 11.6. The molecule has 9 nitrogen and oxygen atoms in total. The number of aliphatic hydroxyl groups excluding tert-OH is 2. The number of nitrogens with one attached hydrogen (secondary N) is 2. The summed E-state index contributed by atoms with van der Waals surface area (Å²) in [6.45, 7) is 3.75. The van der Waals surface area contributed by atoms with Gasteiger partial charge in [0.15, 0.2) is 11.5 Å². The Morgan fingerprint density at radius 3 is 2.78 bits per heavy atom. The molecule has 1 aromatic rings. The highest BCUT2D eigenvalue weighted by molar-refractivity contribution is 14.1. The number of carbonyl (C=O) groups excluding carboxylic acids is 2. The van der Waals surface area contributed by atoms with Gasteiger partial charge in [-0.25, -0.2) is 0 Å². The van der Waals surface area contributed by atoms with Crippen LogP contribution in [-0.2, 0) is 9.53 Å². The van der Waals surface area contributed by atoms with E-state index in [-0.39, 0.29) is 19.1 Å². The van der Waals surface area contributed by atoms with Gasteiger partial charge in [0.25, 0.3) is 0 Å². The zero-order chi connectivity index (χ0) is 23.5. The summed E-state index contributed by atoms with van der Waals surface area (Å²) in [5.74, 6) is 0.419. The van der Waals surface area contributed by atoms with Crippen LogP contribution in [0.3, 0.4) is 0 Å². The van der Waals surface area contributed by atoms with Gasteiger partial charge >= 0.3 is 0 Å². The van der Waals surface area contributed by atoms with Gasteiger partial charge in [0.05, 0.1) is 17.3 Å². The van der Waals surface area contributed by atoms with Gasteiger partial charge in [-0.1, -0.05) is 0 Å². The van der Waals surface area contributed by atoms with E-state index in [1.54, 1.807) is 18.2 Å². The Morgan fingerprint density at radius 1 is 1.34 bits per heavy atom. The van der Waals surface area contributed by atoms with E-state index in [1.165, 1.54) is 7.11 Å². The summed E-state index contributed by atoms with van der Waals surface area (Å²) in [5, 5.41) is 25.9. The third kappa shape index (κ3) is 7.41. The molecule has 0 aromatic heterocycles. The Kier molecular flexibility index (Phi) is 11.4. The molecular weight excluding hydrogens is 531 g/mol. The van der Waals surface area contributed by atoms with Gasteiger partial charge in [-0.15, -0.1) is 0 Å². The van der Waals surface area contributed by atoms with E-state index in [9.17, 15) is 14.7 Å². The molecule has 3 unspecified atom stereocenters. The average molecular weight is 562 g/mol. The van der Waals surface area contributed by atoms with E-state index in [4.69, 9.17) is 19.3 Å². The first-order chi connectivity index (χ1) is 15.4. The molecule has 0 fully saturated rings. The highest BCUT2D eigenvalue weighted by atomic mass is 127. The van der Waals surface area contributed by atoms with Gasteiger partial charge in [0.2, 0.25) is 5.91 Å². The summed E-state index contributed by atoms with van der Waals surface area (Å²) < 4.78 is 17.5. The number of aldehydes is 1. The molecule has 0 heterocycles. The van der Waals surface area contributed by atoms with Crippen LogP contribution in [0.4, 0.5) is 0 Å². The normalized spacial score (nSPS) is 20.4. The third-order valence-electron chi connectivity index (χ3n) is 4.96. The number of ether oxygens (including phenoxy) is 3. The van der Waals surface area contributed by atoms with Crippen molar-refractivity contribution >= 4 is 34.8 Å². The molecule has 32 heavy (non-hydrogen) atoms. The summed E-state index contributed by atoms with van der Waals surface area (Å²) in [6.07, 6.45) is 1.63. The van der Waals surface area contributed by atoms with Gasteiger partial charge in [-0.3, -0.25) is 9.59 Å². The molecule has 0 saturated carbocycles. The van der Waals surface area contributed by atoms with E-state index in [1.807, 2.05) is 29.5 Å². The molecule has 10 heteroatoms. The fraction of sp³-hybridized carbons (Fsp3) is 0.545. The second kappa shape index (κ2) is 13.7. The van der Waals surface area contributed by atoms with Crippen LogP contribution in [0, 0.1) is 3.57 Å². The van der Waals surface area contributed by atoms with Crippen LogP contribution in [-0.4, -0.2) is 80.7 Å². The van der Waals surface area contributed by atoms with E-state index in [2.05, 4.69) is 10.6 Å². The molecule has 1 aromatic carbocycles. The van der Waals surface area contributed by atoms with E-state index < -0.39 is 18.2 Å². The molecule has 0 saturated heterocycles. The number of halogens is 1. The van der Waals surface area contributed by atoms with Crippen LogP contribution in [0.5, 0.6) is 11.5 Å². The molecule has 0 aliphatic heterocycles. The number of hydrogen-bond donors (Lipinski definition) is 4. The van der Waals surface area contributed by atoms with Crippen molar-refractivity contribution in [2.75, 3.05) is 40.0 Å². The molecule has 4 N–H and O–H groups in total.